The van der Waals surface area contributed by atoms with E-state index >= 15 is 0 Å². The number of nitrogens with zero attached hydrogens (tertiary/aromatic N) is 1. The minimum atomic E-state index is 0.103. The third kappa shape index (κ3) is 2.90. The molecule has 2 N–H and O–H groups in total. The molecule has 0 aliphatic carbocycles. The molecule has 94 valence electrons. The third-order valence-corrected chi connectivity index (χ3v) is 3.54. The number of rotatable bonds is 4. The molecule has 0 spiro atoms. The minimum Gasteiger partial charge on any atom is -0.356 e. The molecule has 17 heavy (non-hydrogen) atoms. The van der Waals surface area contributed by atoms with Crippen molar-refractivity contribution in [1.82, 2.24) is 15.2 Å². The van der Waals surface area contributed by atoms with Crippen molar-refractivity contribution in [2.24, 2.45) is 0 Å². The molecule has 2 heterocycles. The predicted octanol–water partition coefficient (Wildman–Crippen LogP) is 1.99. The lowest BCUT2D eigenvalue weighted by molar-refractivity contribution is 0.0687. The fourth-order valence-electron chi connectivity index (χ4n) is 2.24. The Morgan fingerprint density at radius 3 is 3.00 bits per heavy atom. The first-order chi connectivity index (χ1) is 8.22. The second kappa shape index (κ2) is 5.69. The second-order valence-corrected chi connectivity index (χ2v) is 5.29. The maximum Gasteiger partial charge on any atom is 0.270 e. The van der Waals surface area contributed by atoms with Gasteiger partial charge in [-0.2, -0.15) is 0 Å². The first-order valence-electron chi connectivity index (χ1n) is 6.08. The van der Waals surface area contributed by atoms with Crippen molar-refractivity contribution in [2.75, 3.05) is 19.6 Å². The van der Waals surface area contributed by atoms with Gasteiger partial charge < -0.3 is 15.2 Å². The molecule has 1 saturated heterocycles. The van der Waals surface area contributed by atoms with Gasteiger partial charge in [0.15, 0.2) is 0 Å². The summed E-state index contributed by atoms with van der Waals surface area (Å²) in [7, 11) is 0. The van der Waals surface area contributed by atoms with Gasteiger partial charge >= 0.3 is 0 Å². The van der Waals surface area contributed by atoms with E-state index in [0.717, 1.165) is 36.9 Å². The lowest BCUT2D eigenvalue weighted by Gasteiger charge is -2.27. The lowest BCUT2D eigenvalue weighted by atomic mass is 10.2. The van der Waals surface area contributed by atoms with Crippen LogP contribution in [0.25, 0.3) is 0 Å². The average Bonchev–Trinajstić information content (AvgIpc) is 2.95. The summed E-state index contributed by atoms with van der Waals surface area (Å²) >= 11 is 3.36. The summed E-state index contributed by atoms with van der Waals surface area (Å²) in [4.78, 5) is 17.4. The number of hydrogen-bond donors (Lipinski definition) is 2. The Bertz CT molecular complexity index is 385. The van der Waals surface area contributed by atoms with Crippen molar-refractivity contribution in [3.8, 4) is 0 Å². The zero-order chi connectivity index (χ0) is 12.3. The van der Waals surface area contributed by atoms with Crippen molar-refractivity contribution in [3.63, 3.8) is 0 Å². The number of amides is 1. The van der Waals surface area contributed by atoms with E-state index in [1.165, 1.54) is 0 Å². The van der Waals surface area contributed by atoms with Gasteiger partial charge in [0.25, 0.3) is 5.91 Å². The summed E-state index contributed by atoms with van der Waals surface area (Å²) in [6, 6.07) is 2.18. The van der Waals surface area contributed by atoms with Crippen LogP contribution in [0.1, 0.15) is 30.3 Å². The number of nitrogens with one attached hydrogen (secondary N) is 2. The maximum absolute atomic E-state index is 12.4. The van der Waals surface area contributed by atoms with E-state index in [-0.39, 0.29) is 5.91 Å². The lowest BCUT2D eigenvalue weighted by Crippen LogP contribution is -2.42. The first kappa shape index (κ1) is 12.6. The molecule has 1 atom stereocenters. The van der Waals surface area contributed by atoms with Gasteiger partial charge in [0.1, 0.15) is 5.69 Å². The van der Waals surface area contributed by atoms with E-state index in [1.54, 1.807) is 6.20 Å². The Hall–Kier alpha value is -0.810. The van der Waals surface area contributed by atoms with Crippen LogP contribution in [0.2, 0.25) is 0 Å². The van der Waals surface area contributed by atoms with Crippen LogP contribution in [0.5, 0.6) is 0 Å². The molecule has 1 aromatic heterocycles. The second-order valence-electron chi connectivity index (χ2n) is 4.38. The molecule has 1 amide bonds. The van der Waals surface area contributed by atoms with Gasteiger partial charge in [0, 0.05) is 29.8 Å². The van der Waals surface area contributed by atoms with E-state index in [9.17, 15) is 4.79 Å². The topological polar surface area (TPSA) is 48.1 Å². The highest BCUT2D eigenvalue weighted by atomic mass is 79.9. The Morgan fingerprint density at radius 2 is 2.47 bits per heavy atom. The Balaban J connectivity index is 2.12. The van der Waals surface area contributed by atoms with Crippen LogP contribution in [0.3, 0.4) is 0 Å². The van der Waals surface area contributed by atoms with Crippen LogP contribution in [-0.4, -0.2) is 41.5 Å². The number of aromatic nitrogens is 1. The summed E-state index contributed by atoms with van der Waals surface area (Å²) < 4.78 is 0.918. The molecule has 1 unspecified atom stereocenters. The fraction of sp³-hybridized carbons (Fsp3) is 0.583. The molecule has 5 heteroatoms. The van der Waals surface area contributed by atoms with Crippen LogP contribution in [-0.2, 0) is 0 Å². The molecular formula is C12H18BrN3O. The molecule has 4 nitrogen and oxygen atoms in total. The molecule has 1 aliphatic rings. The number of carbonyl (C=O) groups excluding carboxylic acids is 1. The number of carbonyl (C=O) groups is 1. The van der Waals surface area contributed by atoms with Gasteiger partial charge in [-0.3, -0.25) is 4.79 Å². The number of aromatic amines is 1. The van der Waals surface area contributed by atoms with Gasteiger partial charge in [-0.05, 0) is 41.4 Å². The molecule has 0 saturated carbocycles. The largest absolute Gasteiger partial charge is 0.356 e. The van der Waals surface area contributed by atoms with Crippen molar-refractivity contribution in [3.05, 3.63) is 22.4 Å². The highest BCUT2D eigenvalue weighted by Crippen LogP contribution is 2.16. The van der Waals surface area contributed by atoms with Gasteiger partial charge in [-0.1, -0.05) is 6.92 Å². The predicted molar refractivity (Wildman–Crippen MR) is 71.1 cm³/mol. The van der Waals surface area contributed by atoms with Crippen molar-refractivity contribution in [1.29, 1.82) is 0 Å². The summed E-state index contributed by atoms with van der Waals surface area (Å²) in [6.07, 6.45) is 3.84. The van der Waals surface area contributed by atoms with E-state index in [2.05, 4.69) is 33.2 Å². The minimum absolute atomic E-state index is 0.103. The van der Waals surface area contributed by atoms with Crippen LogP contribution in [0, 0.1) is 0 Å². The van der Waals surface area contributed by atoms with Crippen LogP contribution in [0.15, 0.2) is 16.7 Å². The van der Waals surface area contributed by atoms with E-state index in [1.807, 2.05) is 11.0 Å². The highest BCUT2D eigenvalue weighted by molar-refractivity contribution is 9.10. The quantitative estimate of drug-likeness (QED) is 0.893. The SMILES string of the molecule is CCCN(C(=O)c1cc(Br)c[nH]1)C1CCNC1. The first-order valence-corrected chi connectivity index (χ1v) is 6.87. The van der Waals surface area contributed by atoms with E-state index in [0.29, 0.717) is 11.7 Å². The number of hydrogen-bond acceptors (Lipinski definition) is 2. The van der Waals surface area contributed by atoms with Crippen LogP contribution < -0.4 is 5.32 Å². The maximum atomic E-state index is 12.4. The fourth-order valence-corrected chi connectivity index (χ4v) is 2.59. The number of H-pyrrole nitrogens is 1. The van der Waals surface area contributed by atoms with Gasteiger partial charge in [-0.25, -0.2) is 0 Å². The van der Waals surface area contributed by atoms with Crippen molar-refractivity contribution >= 4 is 21.8 Å². The number of halogens is 1. The third-order valence-electron chi connectivity index (χ3n) is 3.08. The summed E-state index contributed by atoms with van der Waals surface area (Å²) in [5.41, 5.74) is 0.664. The molecule has 1 aliphatic heterocycles. The summed E-state index contributed by atoms with van der Waals surface area (Å²) in [5, 5.41) is 3.31. The van der Waals surface area contributed by atoms with Gasteiger partial charge in [0.05, 0.1) is 0 Å². The Kier molecular flexibility index (Phi) is 4.23. The van der Waals surface area contributed by atoms with E-state index in [4.69, 9.17) is 0 Å². The van der Waals surface area contributed by atoms with Crippen LogP contribution in [0.4, 0.5) is 0 Å². The smallest absolute Gasteiger partial charge is 0.270 e. The molecule has 0 bridgehead atoms. The van der Waals surface area contributed by atoms with Gasteiger partial charge in [-0.15, -0.1) is 0 Å². The average molecular weight is 300 g/mol. The molecular weight excluding hydrogens is 282 g/mol. The van der Waals surface area contributed by atoms with Crippen LogP contribution >= 0.6 is 15.9 Å². The molecule has 2 rings (SSSR count). The highest BCUT2D eigenvalue weighted by Gasteiger charge is 2.27. The van der Waals surface area contributed by atoms with Crippen molar-refractivity contribution in [2.45, 2.75) is 25.8 Å². The zero-order valence-corrected chi connectivity index (χ0v) is 11.6. The normalized spacial score (nSPS) is 19.5. The Labute approximate surface area is 110 Å². The molecule has 1 fully saturated rings. The van der Waals surface area contributed by atoms with Crippen molar-refractivity contribution < 1.29 is 4.79 Å². The van der Waals surface area contributed by atoms with E-state index < -0.39 is 0 Å². The zero-order valence-electron chi connectivity index (χ0n) is 10.0. The molecule has 1 aromatic rings. The monoisotopic (exact) mass is 299 g/mol. The Morgan fingerprint density at radius 1 is 1.65 bits per heavy atom. The van der Waals surface area contributed by atoms with Gasteiger partial charge in [0.2, 0.25) is 0 Å². The molecule has 0 radical (unpaired) electrons. The molecule has 0 aromatic carbocycles. The summed E-state index contributed by atoms with van der Waals surface area (Å²) in [6.45, 7) is 4.84. The summed E-state index contributed by atoms with van der Waals surface area (Å²) in [5.74, 6) is 0.103. The standard InChI is InChI=1S/C12H18BrN3O/c1-2-5-16(10-3-4-14-8-10)12(17)11-6-9(13)7-15-11/h6-7,10,14-15H,2-5,8H2,1H3.